The van der Waals surface area contributed by atoms with Crippen molar-refractivity contribution < 1.29 is 0 Å². The lowest BCUT2D eigenvalue weighted by molar-refractivity contribution is 0.436. The highest BCUT2D eigenvalue weighted by Gasteiger charge is 2.16. The lowest BCUT2D eigenvalue weighted by Crippen LogP contribution is -2.33. The summed E-state index contributed by atoms with van der Waals surface area (Å²) in [4.78, 5) is 7.94. The van der Waals surface area contributed by atoms with Crippen LogP contribution >= 0.6 is 0 Å². The van der Waals surface area contributed by atoms with Crippen LogP contribution in [0.1, 0.15) is 32.0 Å². The van der Waals surface area contributed by atoms with Crippen LogP contribution in [0.4, 0.5) is 0 Å². The summed E-state index contributed by atoms with van der Waals surface area (Å²) < 4.78 is 0. The highest BCUT2D eigenvalue weighted by Crippen LogP contribution is 2.12. The Morgan fingerprint density at radius 2 is 2.32 bits per heavy atom. The molecule has 1 fully saturated rings. The first-order valence-electron chi connectivity index (χ1n) is 7.21. The van der Waals surface area contributed by atoms with Crippen LogP contribution in [0, 0.1) is 0 Å². The average molecular weight is 258 g/mol. The minimum atomic E-state index is 0.517. The molecule has 3 rings (SSSR count). The van der Waals surface area contributed by atoms with Crippen LogP contribution < -0.4 is 10.6 Å². The number of fused-ring (bicyclic) bond motifs is 1. The molecule has 1 saturated heterocycles. The molecule has 0 spiro atoms. The number of rotatable bonds is 5. The van der Waals surface area contributed by atoms with E-state index in [1.165, 1.54) is 25.8 Å². The standard InChI is InChI=1S/C15H22N4/c1-11(9-12-5-4-8-16-12)17-10-15-18-13-6-2-3-7-14(13)19-15/h2-3,6-7,11-12,16-17H,4-5,8-10H2,1H3,(H,18,19). The summed E-state index contributed by atoms with van der Waals surface area (Å²) in [5, 5.41) is 7.10. The Morgan fingerprint density at radius 3 is 3.11 bits per heavy atom. The lowest BCUT2D eigenvalue weighted by atomic mass is 10.1. The van der Waals surface area contributed by atoms with Crippen molar-refractivity contribution in [3.8, 4) is 0 Å². The molecule has 19 heavy (non-hydrogen) atoms. The van der Waals surface area contributed by atoms with Gasteiger partial charge in [-0.05, 0) is 44.9 Å². The third-order valence-electron chi connectivity index (χ3n) is 3.86. The first-order valence-corrected chi connectivity index (χ1v) is 7.21. The quantitative estimate of drug-likeness (QED) is 0.770. The highest BCUT2D eigenvalue weighted by molar-refractivity contribution is 5.74. The van der Waals surface area contributed by atoms with Gasteiger partial charge in [0.25, 0.3) is 0 Å². The van der Waals surface area contributed by atoms with Gasteiger partial charge in [0.05, 0.1) is 17.6 Å². The molecule has 3 N–H and O–H groups in total. The molecule has 0 aliphatic carbocycles. The van der Waals surface area contributed by atoms with Crippen molar-refractivity contribution in [3.63, 3.8) is 0 Å². The summed E-state index contributed by atoms with van der Waals surface area (Å²) >= 11 is 0. The topological polar surface area (TPSA) is 52.7 Å². The van der Waals surface area contributed by atoms with Crippen molar-refractivity contribution in [2.24, 2.45) is 0 Å². The van der Waals surface area contributed by atoms with Gasteiger partial charge in [-0.1, -0.05) is 12.1 Å². The number of H-pyrrole nitrogens is 1. The van der Waals surface area contributed by atoms with Crippen molar-refractivity contribution >= 4 is 11.0 Å². The number of aromatic nitrogens is 2. The Labute approximate surface area is 114 Å². The molecule has 1 aromatic heterocycles. The zero-order valence-corrected chi connectivity index (χ0v) is 11.4. The second-order valence-electron chi connectivity index (χ2n) is 5.51. The van der Waals surface area contributed by atoms with E-state index >= 15 is 0 Å². The van der Waals surface area contributed by atoms with E-state index < -0.39 is 0 Å². The van der Waals surface area contributed by atoms with E-state index in [4.69, 9.17) is 0 Å². The zero-order valence-electron chi connectivity index (χ0n) is 11.4. The van der Waals surface area contributed by atoms with Crippen LogP contribution in [0.2, 0.25) is 0 Å². The first-order chi connectivity index (χ1) is 9.31. The smallest absolute Gasteiger partial charge is 0.121 e. The maximum absolute atomic E-state index is 4.58. The van der Waals surface area contributed by atoms with Crippen LogP contribution in [0.15, 0.2) is 24.3 Å². The van der Waals surface area contributed by atoms with Crippen molar-refractivity contribution in [2.45, 2.75) is 44.8 Å². The summed E-state index contributed by atoms with van der Waals surface area (Å²) in [5.41, 5.74) is 2.16. The SMILES string of the molecule is CC(CC1CCCN1)NCc1nc2ccccc2[nH]1. The summed E-state index contributed by atoms with van der Waals surface area (Å²) in [5.74, 6) is 1.02. The molecule has 4 nitrogen and oxygen atoms in total. The van der Waals surface area contributed by atoms with Crippen molar-refractivity contribution in [2.75, 3.05) is 6.54 Å². The molecule has 0 radical (unpaired) electrons. The molecule has 0 bridgehead atoms. The van der Waals surface area contributed by atoms with Gasteiger partial charge in [0.1, 0.15) is 5.82 Å². The average Bonchev–Trinajstić information content (AvgIpc) is 3.04. The second kappa shape index (κ2) is 5.72. The van der Waals surface area contributed by atoms with Gasteiger partial charge in [-0.15, -0.1) is 0 Å². The van der Waals surface area contributed by atoms with Gasteiger partial charge in [-0.2, -0.15) is 0 Å². The molecule has 2 unspecified atom stereocenters. The number of benzene rings is 1. The Bertz CT molecular complexity index is 495. The van der Waals surface area contributed by atoms with Crippen LogP contribution in [-0.4, -0.2) is 28.6 Å². The number of nitrogens with zero attached hydrogens (tertiary/aromatic N) is 1. The first kappa shape index (κ1) is 12.6. The maximum atomic E-state index is 4.58. The van der Waals surface area contributed by atoms with Crippen LogP contribution in [0.3, 0.4) is 0 Å². The summed E-state index contributed by atoms with van der Waals surface area (Å²) in [6, 6.07) is 9.38. The number of imidazole rings is 1. The van der Waals surface area contributed by atoms with Crippen LogP contribution in [-0.2, 0) is 6.54 Å². The highest BCUT2D eigenvalue weighted by atomic mass is 15.0. The van der Waals surface area contributed by atoms with E-state index in [9.17, 15) is 0 Å². The van der Waals surface area contributed by atoms with Gasteiger partial charge in [0, 0.05) is 12.1 Å². The normalized spacial score (nSPS) is 21.0. The predicted octanol–water partition coefficient (Wildman–Crippen LogP) is 2.18. The van der Waals surface area contributed by atoms with E-state index in [0.717, 1.165) is 23.4 Å². The van der Waals surface area contributed by atoms with Gasteiger partial charge >= 0.3 is 0 Å². The summed E-state index contributed by atoms with van der Waals surface area (Å²) in [6.07, 6.45) is 3.83. The van der Waals surface area contributed by atoms with Crippen LogP contribution in [0.25, 0.3) is 11.0 Å². The molecule has 1 aliphatic rings. The Kier molecular flexibility index (Phi) is 3.80. The Balaban J connectivity index is 1.53. The largest absolute Gasteiger partial charge is 0.341 e. The van der Waals surface area contributed by atoms with Crippen molar-refractivity contribution in [3.05, 3.63) is 30.1 Å². The Morgan fingerprint density at radius 1 is 1.42 bits per heavy atom. The number of nitrogens with one attached hydrogen (secondary N) is 3. The number of para-hydroxylation sites is 2. The third-order valence-corrected chi connectivity index (χ3v) is 3.86. The van der Waals surface area contributed by atoms with Gasteiger partial charge < -0.3 is 15.6 Å². The van der Waals surface area contributed by atoms with E-state index in [-0.39, 0.29) is 0 Å². The molecule has 1 aromatic carbocycles. The molecule has 2 atom stereocenters. The fourth-order valence-corrected chi connectivity index (χ4v) is 2.83. The van der Waals surface area contributed by atoms with Crippen LogP contribution in [0.5, 0.6) is 0 Å². The van der Waals surface area contributed by atoms with Gasteiger partial charge in [-0.3, -0.25) is 0 Å². The molecular formula is C15H22N4. The number of aromatic amines is 1. The minimum absolute atomic E-state index is 0.517. The summed E-state index contributed by atoms with van der Waals surface area (Å²) in [6.45, 7) is 4.24. The monoisotopic (exact) mass is 258 g/mol. The van der Waals surface area contributed by atoms with E-state index in [1.54, 1.807) is 0 Å². The number of hydrogen-bond acceptors (Lipinski definition) is 3. The summed E-state index contributed by atoms with van der Waals surface area (Å²) in [7, 11) is 0. The second-order valence-corrected chi connectivity index (χ2v) is 5.51. The van der Waals surface area contributed by atoms with Crippen molar-refractivity contribution in [1.82, 2.24) is 20.6 Å². The van der Waals surface area contributed by atoms with Gasteiger partial charge in [0.15, 0.2) is 0 Å². The molecule has 0 saturated carbocycles. The fourth-order valence-electron chi connectivity index (χ4n) is 2.83. The Hall–Kier alpha value is -1.39. The fraction of sp³-hybridized carbons (Fsp3) is 0.533. The maximum Gasteiger partial charge on any atom is 0.121 e. The minimum Gasteiger partial charge on any atom is -0.341 e. The van der Waals surface area contributed by atoms with E-state index in [0.29, 0.717) is 12.1 Å². The predicted molar refractivity (Wildman–Crippen MR) is 78.0 cm³/mol. The third kappa shape index (κ3) is 3.14. The molecular weight excluding hydrogens is 236 g/mol. The molecule has 2 aromatic rings. The zero-order chi connectivity index (χ0) is 13.1. The molecule has 0 amide bonds. The lowest BCUT2D eigenvalue weighted by Gasteiger charge is -2.17. The molecule has 2 heterocycles. The molecule has 4 heteroatoms. The van der Waals surface area contributed by atoms with E-state index in [2.05, 4.69) is 33.6 Å². The van der Waals surface area contributed by atoms with E-state index in [1.807, 2.05) is 18.2 Å². The number of hydrogen-bond donors (Lipinski definition) is 3. The van der Waals surface area contributed by atoms with Gasteiger partial charge in [0.2, 0.25) is 0 Å². The van der Waals surface area contributed by atoms with Gasteiger partial charge in [-0.25, -0.2) is 4.98 Å². The molecule has 1 aliphatic heterocycles. The van der Waals surface area contributed by atoms with Crippen molar-refractivity contribution in [1.29, 1.82) is 0 Å². The molecule has 102 valence electrons.